The summed E-state index contributed by atoms with van der Waals surface area (Å²) in [7, 11) is -2.07. The molecule has 0 aliphatic carbocycles. The summed E-state index contributed by atoms with van der Waals surface area (Å²) < 4.78 is 37.6. The van der Waals surface area contributed by atoms with Gasteiger partial charge in [0.2, 0.25) is 10.0 Å². The van der Waals surface area contributed by atoms with Crippen molar-refractivity contribution in [2.75, 3.05) is 25.6 Å². The molecule has 0 saturated carbocycles. The number of sulfonamides is 1. The van der Waals surface area contributed by atoms with E-state index in [1.807, 2.05) is 6.92 Å². The van der Waals surface area contributed by atoms with Crippen LogP contribution in [0.5, 0.6) is 5.75 Å². The zero-order chi connectivity index (χ0) is 17.6. The summed E-state index contributed by atoms with van der Waals surface area (Å²) in [6, 6.07) is 4.48. The number of anilines is 1. The van der Waals surface area contributed by atoms with Crippen molar-refractivity contribution in [3.8, 4) is 5.75 Å². The quantitative estimate of drug-likeness (QED) is 0.659. The molecule has 1 amide bonds. The fourth-order valence-electron chi connectivity index (χ4n) is 2.38. The molecule has 0 spiro atoms. The van der Waals surface area contributed by atoms with Crippen LogP contribution >= 0.6 is 0 Å². The smallest absolute Gasteiger partial charge is 0.265 e. The summed E-state index contributed by atoms with van der Waals surface area (Å²) in [5.41, 5.74) is 0.382. The van der Waals surface area contributed by atoms with E-state index in [2.05, 4.69) is 10.0 Å². The normalized spacial score (nSPS) is 17.1. The van der Waals surface area contributed by atoms with Crippen LogP contribution < -0.4 is 14.8 Å². The van der Waals surface area contributed by atoms with Crippen molar-refractivity contribution in [3.63, 3.8) is 0 Å². The van der Waals surface area contributed by atoms with Crippen molar-refractivity contribution < 1.29 is 22.7 Å². The first-order valence-electron chi connectivity index (χ1n) is 8.08. The summed E-state index contributed by atoms with van der Waals surface area (Å²) in [4.78, 5) is 12.1. The molecule has 24 heavy (non-hydrogen) atoms. The molecule has 7 nitrogen and oxygen atoms in total. The molecule has 0 fully saturated rings. The summed E-state index contributed by atoms with van der Waals surface area (Å²) in [6.45, 7) is 2.82. The van der Waals surface area contributed by atoms with Crippen LogP contribution in [0, 0.1) is 0 Å². The number of rotatable bonds is 9. The maximum atomic E-state index is 12.3. The standard InChI is InChI=1S/C16H24N2O5S/c1-3-4-6-15-16(19)18-13-11-12(7-8-14(13)23-15)24(20,21)17-9-5-10-22-2/h7-8,11,15,17H,3-6,9-10H2,1-2H3,(H,18,19)/t15-/m0/s1. The van der Waals surface area contributed by atoms with Gasteiger partial charge in [-0.15, -0.1) is 0 Å². The van der Waals surface area contributed by atoms with Gasteiger partial charge >= 0.3 is 0 Å². The van der Waals surface area contributed by atoms with Gasteiger partial charge in [-0.05, 0) is 37.5 Å². The molecule has 1 aromatic carbocycles. The Labute approximate surface area is 142 Å². The van der Waals surface area contributed by atoms with Crippen LogP contribution in [0.2, 0.25) is 0 Å². The van der Waals surface area contributed by atoms with E-state index in [1.54, 1.807) is 13.2 Å². The number of amides is 1. The molecule has 134 valence electrons. The van der Waals surface area contributed by atoms with Gasteiger partial charge in [0, 0.05) is 20.3 Å². The molecule has 8 heteroatoms. The van der Waals surface area contributed by atoms with Gasteiger partial charge in [-0.3, -0.25) is 4.79 Å². The molecular weight excluding hydrogens is 332 g/mol. The van der Waals surface area contributed by atoms with Crippen LogP contribution in [0.3, 0.4) is 0 Å². The Bertz CT molecular complexity index is 675. The van der Waals surface area contributed by atoms with Crippen LogP contribution in [0.15, 0.2) is 23.1 Å². The predicted octanol–water partition coefficient (Wildman–Crippen LogP) is 1.89. The highest BCUT2D eigenvalue weighted by Gasteiger charge is 2.28. The maximum absolute atomic E-state index is 12.3. The van der Waals surface area contributed by atoms with Gasteiger partial charge in [-0.1, -0.05) is 13.3 Å². The lowest BCUT2D eigenvalue weighted by Crippen LogP contribution is -2.37. The maximum Gasteiger partial charge on any atom is 0.265 e. The fourth-order valence-corrected chi connectivity index (χ4v) is 3.48. The van der Waals surface area contributed by atoms with Crippen molar-refractivity contribution >= 4 is 21.6 Å². The van der Waals surface area contributed by atoms with E-state index >= 15 is 0 Å². The first-order valence-corrected chi connectivity index (χ1v) is 9.56. The van der Waals surface area contributed by atoms with Gasteiger partial charge in [0.05, 0.1) is 10.6 Å². The second-order valence-electron chi connectivity index (χ2n) is 5.64. The SMILES string of the molecule is CCCC[C@@H]1Oc2ccc(S(=O)(=O)NCCCOC)cc2NC1=O. The highest BCUT2D eigenvalue weighted by Crippen LogP contribution is 2.32. The summed E-state index contributed by atoms with van der Waals surface area (Å²) in [6.07, 6.45) is 2.58. The number of nitrogens with one attached hydrogen (secondary N) is 2. The molecule has 0 saturated heterocycles. The molecule has 2 N–H and O–H groups in total. The first-order chi connectivity index (χ1) is 11.5. The number of carbonyl (C=O) groups is 1. The highest BCUT2D eigenvalue weighted by molar-refractivity contribution is 7.89. The largest absolute Gasteiger partial charge is 0.478 e. The van der Waals surface area contributed by atoms with Gasteiger partial charge in [0.25, 0.3) is 5.91 Å². The Kier molecular flexibility index (Phi) is 6.59. The molecule has 1 aromatic rings. The van der Waals surface area contributed by atoms with E-state index in [1.165, 1.54) is 12.1 Å². The second-order valence-corrected chi connectivity index (χ2v) is 7.41. The molecule has 0 radical (unpaired) electrons. The topological polar surface area (TPSA) is 93.7 Å². The minimum absolute atomic E-state index is 0.0922. The number of unbranched alkanes of at least 4 members (excludes halogenated alkanes) is 1. The molecule has 1 aliphatic heterocycles. The van der Waals surface area contributed by atoms with Crippen LogP contribution in [-0.2, 0) is 19.6 Å². The van der Waals surface area contributed by atoms with Gasteiger partial charge in [0.15, 0.2) is 6.10 Å². The molecule has 0 unspecified atom stereocenters. The number of hydrogen-bond donors (Lipinski definition) is 2. The molecule has 1 heterocycles. The predicted molar refractivity (Wildman–Crippen MR) is 90.7 cm³/mol. The average Bonchev–Trinajstić information content (AvgIpc) is 2.56. The Morgan fingerprint density at radius 1 is 1.33 bits per heavy atom. The Morgan fingerprint density at radius 2 is 2.12 bits per heavy atom. The van der Waals surface area contributed by atoms with Crippen molar-refractivity contribution in [3.05, 3.63) is 18.2 Å². The summed E-state index contributed by atoms with van der Waals surface area (Å²) in [5, 5.41) is 2.73. The van der Waals surface area contributed by atoms with Crippen molar-refractivity contribution in [2.45, 2.75) is 43.6 Å². The summed E-state index contributed by atoms with van der Waals surface area (Å²) in [5.74, 6) is 0.257. The van der Waals surface area contributed by atoms with E-state index in [4.69, 9.17) is 9.47 Å². The third-order valence-corrected chi connectivity index (χ3v) is 5.18. The first kappa shape index (κ1) is 18.7. The number of carbonyl (C=O) groups excluding carboxylic acids is 1. The van der Waals surface area contributed by atoms with E-state index in [9.17, 15) is 13.2 Å². The molecular formula is C16H24N2O5S. The zero-order valence-corrected chi connectivity index (χ0v) is 14.8. The van der Waals surface area contributed by atoms with Gasteiger partial charge in [-0.25, -0.2) is 13.1 Å². The molecule has 2 rings (SSSR count). The van der Waals surface area contributed by atoms with Crippen molar-refractivity contribution in [1.82, 2.24) is 4.72 Å². The molecule has 1 atom stereocenters. The molecule has 0 aromatic heterocycles. The van der Waals surface area contributed by atoms with E-state index in [-0.39, 0.29) is 17.3 Å². The van der Waals surface area contributed by atoms with Crippen LogP contribution in [-0.4, -0.2) is 40.7 Å². The number of benzene rings is 1. The third kappa shape index (κ3) is 4.68. The number of hydrogen-bond acceptors (Lipinski definition) is 5. The Hall–Kier alpha value is -1.64. The van der Waals surface area contributed by atoms with Crippen LogP contribution in [0.25, 0.3) is 0 Å². The minimum Gasteiger partial charge on any atom is -0.478 e. The van der Waals surface area contributed by atoms with E-state index in [0.717, 1.165) is 12.8 Å². The molecule has 0 bridgehead atoms. The van der Waals surface area contributed by atoms with Crippen LogP contribution in [0.1, 0.15) is 32.6 Å². The lowest BCUT2D eigenvalue weighted by molar-refractivity contribution is -0.123. The van der Waals surface area contributed by atoms with Gasteiger partial charge < -0.3 is 14.8 Å². The number of methoxy groups -OCH3 is 1. The molecule has 1 aliphatic rings. The highest BCUT2D eigenvalue weighted by atomic mass is 32.2. The Morgan fingerprint density at radius 3 is 2.83 bits per heavy atom. The second kappa shape index (κ2) is 8.46. The van der Waals surface area contributed by atoms with E-state index in [0.29, 0.717) is 30.9 Å². The lowest BCUT2D eigenvalue weighted by atomic mass is 10.1. The van der Waals surface area contributed by atoms with Gasteiger partial charge in [0.1, 0.15) is 5.75 Å². The Balaban J connectivity index is 2.09. The fraction of sp³-hybridized carbons (Fsp3) is 0.562. The van der Waals surface area contributed by atoms with Crippen molar-refractivity contribution in [2.24, 2.45) is 0 Å². The monoisotopic (exact) mass is 356 g/mol. The third-order valence-electron chi connectivity index (χ3n) is 3.72. The average molecular weight is 356 g/mol. The minimum atomic E-state index is -3.63. The number of fused-ring (bicyclic) bond motifs is 1. The zero-order valence-electron chi connectivity index (χ0n) is 14.0. The van der Waals surface area contributed by atoms with E-state index < -0.39 is 16.1 Å². The summed E-state index contributed by atoms with van der Waals surface area (Å²) >= 11 is 0. The lowest BCUT2D eigenvalue weighted by Gasteiger charge is -2.26. The van der Waals surface area contributed by atoms with Crippen LogP contribution in [0.4, 0.5) is 5.69 Å². The number of ether oxygens (including phenoxy) is 2. The van der Waals surface area contributed by atoms with Crippen molar-refractivity contribution in [1.29, 1.82) is 0 Å². The van der Waals surface area contributed by atoms with Gasteiger partial charge in [-0.2, -0.15) is 0 Å².